The Morgan fingerprint density at radius 1 is 1.25 bits per heavy atom. The molecular formula is C12H13NO3. The van der Waals surface area contributed by atoms with Crippen LogP contribution in [-0.2, 0) is 14.4 Å². The van der Waals surface area contributed by atoms with E-state index in [0.717, 1.165) is 6.54 Å². The fourth-order valence-electron chi connectivity index (χ4n) is 1.84. The zero-order valence-corrected chi connectivity index (χ0v) is 8.97. The van der Waals surface area contributed by atoms with Gasteiger partial charge in [0.05, 0.1) is 0 Å². The summed E-state index contributed by atoms with van der Waals surface area (Å²) in [5, 5.41) is 2.88. The van der Waals surface area contributed by atoms with Crippen LogP contribution in [0.25, 0.3) is 0 Å². The van der Waals surface area contributed by atoms with Crippen LogP contribution in [0.2, 0.25) is 0 Å². The van der Waals surface area contributed by atoms with Crippen LogP contribution in [0.5, 0.6) is 0 Å². The van der Waals surface area contributed by atoms with Gasteiger partial charge in [-0.05, 0) is 5.56 Å². The van der Waals surface area contributed by atoms with Crippen LogP contribution in [0.4, 0.5) is 0 Å². The Morgan fingerprint density at radius 3 is 2.25 bits per heavy atom. The second kappa shape index (κ2) is 5.83. The molecule has 0 bridgehead atoms. The number of carbonyl (C=O) groups is 1. The summed E-state index contributed by atoms with van der Waals surface area (Å²) in [4.78, 5) is 27.5. The summed E-state index contributed by atoms with van der Waals surface area (Å²) < 4.78 is 0. The summed E-state index contributed by atoms with van der Waals surface area (Å²) in [5.74, 6) is 0.643. The lowest BCUT2D eigenvalue weighted by Crippen LogP contribution is -2.16. The van der Waals surface area contributed by atoms with E-state index in [1.165, 1.54) is 5.56 Å². The smallest absolute Gasteiger partial charge is 0.355 e. The highest BCUT2D eigenvalue weighted by atomic mass is 16.2. The maximum Gasteiger partial charge on any atom is 0.373 e. The van der Waals surface area contributed by atoms with E-state index < -0.39 is 0 Å². The highest BCUT2D eigenvalue weighted by Crippen LogP contribution is 2.27. The van der Waals surface area contributed by atoms with Crippen LogP contribution < -0.4 is 5.32 Å². The number of carbonyl (C=O) groups excluding carboxylic acids is 3. The van der Waals surface area contributed by atoms with E-state index in [0.29, 0.717) is 5.92 Å². The number of rotatable bonds is 1. The minimum Gasteiger partial charge on any atom is -0.355 e. The van der Waals surface area contributed by atoms with Gasteiger partial charge in [0.2, 0.25) is 5.91 Å². The highest BCUT2D eigenvalue weighted by Gasteiger charge is 2.31. The summed E-state index contributed by atoms with van der Waals surface area (Å²) in [5.41, 5.74) is 1.26. The number of nitrogens with one attached hydrogen (secondary N) is 1. The predicted molar refractivity (Wildman–Crippen MR) is 56.4 cm³/mol. The average Bonchev–Trinajstić information content (AvgIpc) is 2.62. The Morgan fingerprint density at radius 2 is 1.81 bits per heavy atom. The molecule has 1 amide bonds. The molecule has 84 valence electrons. The fraction of sp³-hybridized carbons (Fsp3) is 0.333. The van der Waals surface area contributed by atoms with E-state index in [-0.39, 0.29) is 18.0 Å². The Bertz CT molecular complexity index is 383. The summed E-state index contributed by atoms with van der Waals surface area (Å²) in [6.45, 7) is 2.77. The van der Waals surface area contributed by atoms with Gasteiger partial charge >= 0.3 is 6.15 Å². The van der Waals surface area contributed by atoms with Gasteiger partial charge in [0.15, 0.2) is 0 Å². The Balaban J connectivity index is 0.000000386. The number of amides is 1. The van der Waals surface area contributed by atoms with Gasteiger partial charge in [0.1, 0.15) is 0 Å². The van der Waals surface area contributed by atoms with Gasteiger partial charge in [-0.1, -0.05) is 37.3 Å². The van der Waals surface area contributed by atoms with Gasteiger partial charge in [0, 0.05) is 18.4 Å². The summed E-state index contributed by atoms with van der Waals surface area (Å²) in [6.07, 6.45) is 0.250. The SMILES string of the molecule is C[C@H]1C(=O)NC[C@@H]1c1ccccc1.O=C=O. The first-order valence-electron chi connectivity index (χ1n) is 5.02. The molecule has 0 unspecified atom stereocenters. The van der Waals surface area contributed by atoms with Crippen molar-refractivity contribution in [2.75, 3.05) is 6.54 Å². The van der Waals surface area contributed by atoms with Crippen LogP contribution in [-0.4, -0.2) is 18.6 Å². The third-order valence-electron chi connectivity index (χ3n) is 2.74. The molecule has 1 heterocycles. The first kappa shape index (κ1) is 12.1. The van der Waals surface area contributed by atoms with E-state index >= 15 is 0 Å². The standard InChI is InChI=1S/C11H13NO.CO2/c1-8-10(7-12-11(8)13)9-5-3-2-4-6-9;2-1-3/h2-6,8,10H,7H2,1H3,(H,12,13);/t8-,10+;/m1./s1. The molecule has 4 heteroatoms. The number of benzene rings is 1. The van der Waals surface area contributed by atoms with E-state index in [2.05, 4.69) is 17.4 Å². The van der Waals surface area contributed by atoms with Crippen LogP contribution in [0.3, 0.4) is 0 Å². The molecular weight excluding hydrogens is 206 g/mol. The lowest BCUT2D eigenvalue weighted by atomic mass is 9.90. The maximum absolute atomic E-state index is 11.2. The zero-order chi connectivity index (χ0) is 12.0. The quantitative estimate of drug-likeness (QED) is 0.765. The summed E-state index contributed by atoms with van der Waals surface area (Å²) >= 11 is 0. The van der Waals surface area contributed by atoms with E-state index in [9.17, 15) is 4.79 Å². The molecule has 1 aliphatic rings. The molecule has 1 aliphatic heterocycles. The van der Waals surface area contributed by atoms with Crippen molar-refractivity contribution >= 4 is 12.1 Å². The monoisotopic (exact) mass is 219 g/mol. The Kier molecular flexibility index (Phi) is 4.42. The number of hydrogen-bond acceptors (Lipinski definition) is 3. The molecule has 0 radical (unpaired) electrons. The molecule has 1 saturated heterocycles. The highest BCUT2D eigenvalue weighted by molar-refractivity contribution is 5.81. The molecule has 2 atom stereocenters. The molecule has 0 aliphatic carbocycles. The first-order valence-corrected chi connectivity index (χ1v) is 5.02. The van der Waals surface area contributed by atoms with E-state index in [1.54, 1.807) is 0 Å². The minimum atomic E-state index is 0.113. The van der Waals surface area contributed by atoms with Crippen LogP contribution in [0.15, 0.2) is 30.3 Å². The van der Waals surface area contributed by atoms with Crippen molar-refractivity contribution in [3.05, 3.63) is 35.9 Å². The van der Waals surface area contributed by atoms with Crippen molar-refractivity contribution in [1.29, 1.82) is 0 Å². The van der Waals surface area contributed by atoms with Crippen molar-refractivity contribution in [3.8, 4) is 0 Å². The summed E-state index contributed by atoms with van der Waals surface area (Å²) in [6, 6.07) is 10.2. The molecule has 16 heavy (non-hydrogen) atoms. The van der Waals surface area contributed by atoms with Crippen molar-refractivity contribution < 1.29 is 14.4 Å². The van der Waals surface area contributed by atoms with Crippen LogP contribution in [0, 0.1) is 5.92 Å². The van der Waals surface area contributed by atoms with Gasteiger partial charge < -0.3 is 5.32 Å². The molecule has 4 nitrogen and oxygen atoms in total. The lowest BCUT2D eigenvalue weighted by Gasteiger charge is -2.11. The minimum absolute atomic E-state index is 0.113. The molecule has 1 N–H and O–H groups in total. The summed E-state index contributed by atoms with van der Waals surface area (Å²) in [7, 11) is 0. The van der Waals surface area contributed by atoms with Gasteiger partial charge in [0.25, 0.3) is 0 Å². The van der Waals surface area contributed by atoms with Gasteiger partial charge in [-0.2, -0.15) is 9.59 Å². The van der Waals surface area contributed by atoms with E-state index in [1.807, 2.05) is 25.1 Å². The third kappa shape index (κ3) is 2.78. The molecule has 1 aromatic rings. The van der Waals surface area contributed by atoms with Crippen LogP contribution in [0.1, 0.15) is 18.4 Å². The normalized spacial score (nSPS) is 22.7. The molecule has 1 fully saturated rings. The predicted octanol–water partition coefficient (Wildman–Crippen LogP) is 0.953. The average molecular weight is 219 g/mol. The second-order valence-corrected chi connectivity index (χ2v) is 3.63. The molecule has 1 aromatic carbocycles. The molecule has 2 rings (SSSR count). The number of hydrogen-bond donors (Lipinski definition) is 1. The van der Waals surface area contributed by atoms with Crippen molar-refractivity contribution in [2.45, 2.75) is 12.8 Å². The Hall–Kier alpha value is -1.93. The zero-order valence-electron chi connectivity index (χ0n) is 8.97. The Labute approximate surface area is 93.7 Å². The van der Waals surface area contributed by atoms with Crippen molar-refractivity contribution in [2.24, 2.45) is 5.92 Å². The van der Waals surface area contributed by atoms with Gasteiger partial charge in [-0.15, -0.1) is 0 Å². The largest absolute Gasteiger partial charge is 0.373 e. The van der Waals surface area contributed by atoms with E-state index in [4.69, 9.17) is 9.59 Å². The first-order chi connectivity index (χ1) is 7.70. The maximum atomic E-state index is 11.2. The molecule has 0 saturated carbocycles. The van der Waals surface area contributed by atoms with Crippen molar-refractivity contribution in [1.82, 2.24) is 5.32 Å². The van der Waals surface area contributed by atoms with Crippen LogP contribution >= 0.6 is 0 Å². The lowest BCUT2D eigenvalue weighted by molar-refractivity contribution is -0.191. The second-order valence-electron chi connectivity index (χ2n) is 3.63. The molecule has 0 spiro atoms. The topological polar surface area (TPSA) is 63.2 Å². The molecule has 0 aromatic heterocycles. The van der Waals surface area contributed by atoms with Gasteiger partial charge in [-0.25, -0.2) is 0 Å². The third-order valence-corrected chi connectivity index (χ3v) is 2.74. The van der Waals surface area contributed by atoms with Crippen molar-refractivity contribution in [3.63, 3.8) is 0 Å². The van der Waals surface area contributed by atoms with Gasteiger partial charge in [-0.3, -0.25) is 4.79 Å². The fourth-order valence-corrected chi connectivity index (χ4v) is 1.84.